The minimum atomic E-state index is -4.54. The lowest BCUT2D eigenvalue weighted by atomic mass is 10.0. The molecular weight excluding hydrogens is 352 g/mol. The van der Waals surface area contributed by atoms with Crippen molar-refractivity contribution in [2.24, 2.45) is 0 Å². The summed E-state index contributed by atoms with van der Waals surface area (Å²) in [6.45, 7) is 0. The van der Waals surface area contributed by atoms with Crippen molar-refractivity contribution in [3.8, 4) is 0 Å². The lowest BCUT2D eigenvalue weighted by molar-refractivity contribution is -0.140. The molecule has 9 heteroatoms. The van der Waals surface area contributed by atoms with Gasteiger partial charge in [-0.25, -0.2) is 20.4 Å². The maximum absolute atomic E-state index is 13.4. The summed E-state index contributed by atoms with van der Waals surface area (Å²) >= 11 is 12.0. The Morgan fingerprint density at radius 1 is 1.04 bits per heavy atom. The van der Waals surface area contributed by atoms with Gasteiger partial charge in [0.05, 0.1) is 0 Å². The standard InChI is InChI=1S/C14H9Cl2F3N4/c15-9-4-2-8(3-5-9)10-11(14(17,18)19)22-23(12(10)16)13-20-6-1-7-21-13/h1-7,11,22H. The van der Waals surface area contributed by atoms with E-state index < -0.39 is 12.2 Å². The van der Waals surface area contributed by atoms with E-state index >= 15 is 0 Å². The molecule has 1 unspecified atom stereocenters. The van der Waals surface area contributed by atoms with Crippen molar-refractivity contribution < 1.29 is 13.2 Å². The van der Waals surface area contributed by atoms with E-state index in [1.54, 1.807) is 6.07 Å². The lowest BCUT2D eigenvalue weighted by Gasteiger charge is -2.21. The van der Waals surface area contributed by atoms with Crippen molar-refractivity contribution in [2.75, 3.05) is 5.01 Å². The molecule has 0 saturated carbocycles. The van der Waals surface area contributed by atoms with Gasteiger partial charge in [0.2, 0.25) is 5.95 Å². The number of hydrogen-bond donors (Lipinski definition) is 1. The molecule has 2 aromatic rings. The molecule has 1 N–H and O–H groups in total. The van der Waals surface area contributed by atoms with E-state index in [9.17, 15) is 13.2 Å². The van der Waals surface area contributed by atoms with E-state index in [0.29, 0.717) is 10.6 Å². The third-order valence-corrected chi connectivity index (χ3v) is 3.82. The first-order valence-corrected chi connectivity index (χ1v) is 7.19. The molecule has 1 aromatic carbocycles. The molecule has 3 rings (SSSR count). The van der Waals surface area contributed by atoms with Crippen LogP contribution in [0.25, 0.3) is 5.57 Å². The van der Waals surface area contributed by atoms with Crippen molar-refractivity contribution in [3.05, 3.63) is 58.5 Å². The van der Waals surface area contributed by atoms with Crippen LogP contribution >= 0.6 is 23.2 Å². The smallest absolute Gasteiger partial charge is 0.231 e. The zero-order chi connectivity index (χ0) is 16.6. The van der Waals surface area contributed by atoms with E-state index in [2.05, 4.69) is 15.4 Å². The van der Waals surface area contributed by atoms with Crippen LogP contribution in [0, 0.1) is 0 Å². The van der Waals surface area contributed by atoms with Gasteiger partial charge in [0.1, 0.15) is 5.16 Å². The highest BCUT2D eigenvalue weighted by Crippen LogP contribution is 2.40. The van der Waals surface area contributed by atoms with Crippen LogP contribution in [0.2, 0.25) is 5.02 Å². The summed E-state index contributed by atoms with van der Waals surface area (Å²) in [5, 5.41) is 1.30. The number of alkyl halides is 3. The number of nitrogens with zero attached hydrogens (tertiary/aromatic N) is 3. The topological polar surface area (TPSA) is 41.0 Å². The van der Waals surface area contributed by atoms with E-state index in [1.165, 1.54) is 36.7 Å². The van der Waals surface area contributed by atoms with Gasteiger partial charge in [-0.3, -0.25) is 0 Å². The maximum atomic E-state index is 13.4. The SMILES string of the molecule is FC(F)(F)C1NN(c2ncccn2)C(Cl)=C1c1ccc(Cl)cc1. The van der Waals surface area contributed by atoms with Crippen molar-refractivity contribution in [1.29, 1.82) is 0 Å². The van der Waals surface area contributed by atoms with Gasteiger partial charge in [0.15, 0.2) is 6.04 Å². The minimum absolute atomic E-state index is 0.0238. The van der Waals surface area contributed by atoms with Gasteiger partial charge < -0.3 is 0 Å². The fourth-order valence-electron chi connectivity index (χ4n) is 2.19. The number of anilines is 1. The van der Waals surface area contributed by atoms with Gasteiger partial charge >= 0.3 is 6.18 Å². The molecule has 120 valence electrons. The number of hydrogen-bond acceptors (Lipinski definition) is 4. The first-order chi connectivity index (χ1) is 10.9. The summed E-state index contributed by atoms with van der Waals surface area (Å²) in [6.07, 6.45) is -1.72. The number of nitrogens with one attached hydrogen (secondary N) is 1. The summed E-state index contributed by atoms with van der Waals surface area (Å²) in [7, 11) is 0. The first kappa shape index (κ1) is 16.0. The largest absolute Gasteiger partial charge is 0.409 e. The Labute approximate surface area is 139 Å². The number of rotatable bonds is 2. The molecule has 1 aromatic heterocycles. The zero-order valence-electron chi connectivity index (χ0n) is 11.4. The van der Waals surface area contributed by atoms with E-state index in [-0.39, 0.29) is 16.7 Å². The summed E-state index contributed by atoms with van der Waals surface area (Å²) in [4.78, 5) is 7.83. The third kappa shape index (κ3) is 3.12. The molecule has 1 aliphatic rings. The molecule has 0 saturated heterocycles. The normalized spacial score (nSPS) is 18.7. The number of benzene rings is 1. The molecule has 1 aliphatic heterocycles. The highest BCUT2D eigenvalue weighted by atomic mass is 35.5. The van der Waals surface area contributed by atoms with Crippen molar-refractivity contribution >= 4 is 34.7 Å². The van der Waals surface area contributed by atoms with Crippen LogP contribution in [0.15, 0.2) is 47.9 Å². The zero-order valence-corrected chi connectivity index (χ0v) is 12.9. The van der Waals surface area contributed by atoms with E-state index in [4.69, 9.17) is 23.2 Å². The quantitative estimate of drug-likeness (QED) is 0.822. The van der Waals surface area contributed by atoms with Gasteiger partial charge in [0.25, 0.3) is 0 Å². The highest BCUT2D eigenvalue weighted by molar-refractivity contribution is 6.35. The van der Waals surface area contributed by atoms with Gasteiger partial charge in [0, 0.05) is 23.0 Å². The van der Waals surface area contributed by atoms with Crippen molar-refractivity contribution in [3.63, 3.8) is 0 Å². The molecule has 0 aliphatic carbocycles. The van der Waals surface area contributed by atoms with Crippen molar-refractivity contribution in [1.82, 2.24) is 15.4 Å². The Bertz CT molecular complexity index is 732. The number of aromatic nitrogens is 2. The average molecular weight is 361 g/mol. The Hall–Kier alpha value is -1.83. The van der Waals surface area contributed by atoms with Crippen LogP contribution in [0.1, 0.15) is 5.56 Å². The molecule has 4 nitrogen and oxygen atoms in total. The molecular formula is C14H9Cl2F3N4. The highest BCUT2D eigenvalue weighted by Gasteiger charge is 2.49. The van der Waals surface area contributed by atoms with Gasteiger partial charge in [-0.15, -0.1) is 0 Å². The summed E-state index contributed by atoms with van der Waals surface area (Å²) in [5.41, 5.74) is 2.51. The maximum Gasteiger partial charge on any atom is 0.409 e. The fourth-order valence-corrected chi connectivity index (χ4v) is 2.66. The molecule has 1 atom stereocenters. The summed E-state index contributed by atoms with van der Waals surface area (Å²) in [6, 6.07) is 5.55. The fraction of sp³-hybridized carbons (Fsp3) is 0.143. The average Bonchev–Trinajstić information content (AvgIpc) is 2.87. The van der Waals surface area contributed by atoms with Crippen molar-refractivity contribution in [2.45, 2.75) is 12.2 Å². The Morgan fingerprint density at radius 2 is 1.65 bits per heavy atom. The van der Waals surface area contributed by atoms with E-state index in [0.717, 1.165) is 5.01 Å². The minimum Gasteiger partial charge on any atom is -0.231 e. The first-order valence-electron chi connectivity index (χ1n) is 6.43. The van der Waals surface area contributed by atoms with Crippen LogP contribution < -0.4 is 10.4 Å². The second-order valence-corrected chi connectivity index (χ2v) is 5.49. The van der Waals surface area contributed by atoms with Gasteiger partial charge in [-0.1, -0.05) is 35.3 Å². The number of halogens is 5. The predicted octanol–water partition coefficient (Wildman–Crippen LogP) is 3.99. The molecule has 23 heavy (non-hydrogen) atoms. The molecule has 0 amide bonds. The molecule has 0 bridgehead atoms. The van der Waals surface area contributed by atoms with Crippen LogP contribution in [-0.4, -0.2) is 22.2 Å². The van der Waals surface area contributed by atoms with Crippen LogP contribution in [0.4, 0.5) is 19.1 Å². The summed E-state index contributed by atoms with van der Waals surface area (Å²) in [5.74, 6) is 0.0238. The Kier molecular flexibility index (Phi) is 4.18. The molecule has 0 fully saturated rings. The molecule has 0 radical (unpaired) electrons. The third-order valence-electron chi connectivity index (χ3n) is 3.20. The van der Waals surface area contributed by atoms with Gasteiger partial charge in [-0.2, -0.15) is 13.2 Å². The monoisotopic (exact) mass is 360 g/mol. The van der Waals surface area contributed by atoms with Crippen LogP contribution in [0.3, 0.4) is 0 Å². The number of hydrazine groups is 1. The van der Waals surface area contributed by atoms with Crippen LogP contribution in [-0.2, 0) is 0 Å². The second kappa shape index (κ2) is 5.99. The predicted molar refractivity (Wildman–Crippen MR) is 81.7 cm³/mol. The van der Waals surface area contributed by atoms with Crippen LogP contribution in [0.5, 0.6) is 0 Å². The Balaban J connectivity index is 2.09. The molecule has 0 spiro atoms. The van der Waals surface area contributed by atoms with Gasteiger partial charge in [-0.05, 0) is 23.8 Å². The lowest BCUT2D eigenvalue weighted by Crippen LogP contribution is -2.46. The summed E-state index contributed by atoms with van der Waals surface area (Å²) < 4.78 is 40.2. The molecule has 2 heterocycles. The second-order valence-electron chi connectivity index (χ2n) is 4.70. The Morgan fingerprint density at radius 3 is 2.22 bits per heavy atom. The van der Waals surface area contributed by atoms with E-state index in [1.807, 2.05) is 0 Å².